The van der Waals surface area contributed by atoms with Crippen LogP contribution in [-0.4, -0.2) is 20.9 Å². The Kier molecular flexibility index (Phi) is 5.84. The molecule has 0 unspecified atom stereocenters. The zero-order chi connectivity index (χ0) is 22.6. The van der Waals surface area contributed by atoms with Gasteiger partial charge in [0.25, 0.3) is 0 Å². The highest BCUT2D eigenvalue weighted by Gasteiger charge is 2.16. The van der Waals surface area contributed by atoms with Crippen LogP contribution in [0.15, 0.2) is 79.3 Å². The molecule has 7 nitrogen and oxygen atoms in total. The van der Waals surface area contributed by atoms with E-state index in [9.17, 15) is 4.79 Å². The summed E-state index contributed by atoms with van der Waals surface area (Å²) < 4.78 is 6.16. The maximum absolute atomic E-state index is 12.4. The van der Waals surface area contributed by atoms with Crippen LogP contribution >= 0.6 is 11.3 Å². The number of benzene rings is 2. The van der Waals surface area contributed by atoms with Gasteiger partial charge in [-0.15, -0.1) is 0 Å². The predicted octanol–water partition coefficient (Wildman–Crippen LogP) is 5.12. The molecule has 0 aliphatic rings. The van der Waals surface area contributed by atoms with Gasteiger partial charge < -0.3 is 20.8 Å². The van der Waals surface area contributed by atoms with Gasteiger partial charge in [0.15, 0.2) is 5.13 Å². The average Bonchev–Trinajstić information content (AvgIpc) is 3.47. The summed E-state index contributed by atoms with van der Waals surface area (Å²) in [5, 5.41) is 4.29. The number of ether oxygens (including phenoxy) is 1. The van der Waals surface area contributed by atoms with Gasteiger partial charge in [0.1, 0.15) is 17.1 Å². The van der Waals surface area contributed by atoms with Crippen molar-refractivity contribution < 1.29 is 9.53 Å². The fourth-order valence-electron chi connectivity index (χ4n) is 3.53. The molecule has 5 aromatic rings. The molecule has 5 rings (SSSR count). The fourth-order valence-corrected chi connectivity index (χ4v) is 4.38. The summed E-state index contributed by atoms with van der Waals surface area (Å²) in [4.78, 5) is 25.3. The van der Waals surface area contributed by atoms with Crippen LogP contribution in [0.3, 0.4) is 0 Å². The van der Waals surface area contributed by atoms with E-state index in [1.165, 1.54) is 11.3 Å². The zero-order valence-corrected chi connectivity index (χ0v) is 18.4. The second-order valence-corrected chi connectivity index (χ2v) is 8.46. The average molecular weight is 456 g/mol. The lowest BCUT2D eigenvalue weighted by Crippen LogP contribution is -2.13. The Balaban J connectivity index is 1.39. The highest BCUT2D eigenvalue weighted by Crippen LogP contribution is 2.39. The number of aromatic amines is 1. The summed E-state index contributed by atoms with van der Waals surface area (Å²) >= 11 is 1.40. The Bertz CT molecular complexity index is 1390. The van der Waals surface area contributed by atoms with Crippen LogP contribution in [0.5, 0.6) is 11.5 Å². The number of thiazole rings is 1. The number of pyridine rings is 1. The number of nitrogens with zero attached hydrogens (tertiary/aromatic N) is 2. The normalized spacial score (nSPS) is 10.9. The molecule has 0 saturated carbocycles. The smallest absolute Gasteiger partial charge is 0.230 e. The molecule has 0 spiro atoms. The Morgan fingerprint density at radius 1 is 1.03 bits per heavy atom. The van der Waals surface area contributed by atoms with Gasteiger partial charge in [0, 0.05) is 30.7 Å². The number of fused-ring (bicyclic) bond motifs is 1. The molecular formula is C25H21N5O2S. The van der Waals surface area contributed by atoms with Crippen molar-refractivity contribution in [2.24, 2.45) is 5.73 Å². The van der Waals surface area contributed by atoms with Crippen molar-refractivity contribution >= 4 is 33.4 Å². The molecule has 4 N–H and O–H groups in total. The first-order valence-electron chi connectivity index (χ1n) is 10.4. The van der Waals surface area contributed by atoms with Crippen LogP contribution in [-0.2, 0) is 17.8 Å². The molecule has 0 atom stereocenters. The molecule has 0 saturated heterocycles. The number of H-pyrrole nitrogens is 1. The van der Waals surface area contributed by atoms with Gasteiger partial charge >= 0.3 is 0 Å². The van der Waals surface area contributed by atoms with E-state index in [1.807, 2.05) is 66.9 Å². The Morgan fingerprint density at radius 2 is 1.85 bits per heavy atom. The molecule has 8 heteroatoms. The van der Waals surface area contributed by atoms with E-state index in [-0.39, 0.29) is 5.91 Å². The Hall–Kier alpha value is -4.01. The number of anilines is 1. The van der Waals surface area contributed by atoms with Crippen molar-refractivity contribution in [3.63, 3.8) is 0 Å². The molecule has 0 fully saturated rings. The van der Waals surface area contributed by atoms with Crippen LogP contribution < -0.4 is 15.8 Å². The van der Waals surface area contributed by atoms with Gasteiger partial charge in [0.05, 0.1) is 16.7 Å². The van der Waals surface area contributed by atoms with Crippen molar-refractivity contribution in [3.05, 3.63) is 90.4 Å². The summed E-state index contributed by atoms with van der Waals surface area (Å²) in [5.74, 6) is 1.29. The lowest BCUT2D eigenvalue weighted by Gasteiger charge is -2.08. The second kappa shape index (κ2) is 9.23. The molecule has 164 valence electrons. The van der Waals surface area contributed by atoms with E-state index in [0.717, 1.165) is 27.0 Å². The van der Waals surface area contributed by atoms with E-state index >= 15 is 0 Å². The van der Waals surface area contributed by atoms with Gasteiger partial charge in [-0.25, -0.2) is 9.97 Å². The van der Waals surface area contributed by atoms with E-state index in [2.05, 4.69) is 20.3 Å². The maximum atomic E-state index is 12.4. The minimum Gasteiger partial charge on any atom is -0.457 e. The third-order valence-electron chi connectivity index (χ3n) is 5.15. The summed E-state index contributed by atoms with van der Waals surface area (Å²) in [6, 6.07) is 19.1. The number of carbonyl (C=O) groups is 1. The van der Waals surface area contributed by atoms with Crippen LogP contribution in [0.2, 0.25) is 0 Å². The fraction of sp³-hybridized carbons (Fsp3) is 0.0800. The maximum Gasteiger partial charge on any atom is 0.230 e. The molecule has 3 aromatic heterocycles. The summed E-state index contributed by atoms with van der Waals surface area (Å²) in [6.07, 6.45) is 5.63. The number of nitrogens with two attached hydrogens (primary N) is 1. The van der Waals surface area contributed by atoms with Crippen LogP contribution in [0.1, 0.15) is 11.1 Å². The Labute approximate surface area is 194 Å². The number of amides is 1. The minimum atomic E-state index is -0.104. The first-order valence-corrected chi connectivity index (χ1v) is 11.2. The standard InChI is InChI=1S/C25H21N5O2S/c26-13-17-6-8-18(9-7-17)32-20-10-11-27-24-23(20)19(14-28-24)21-15-29-25(33-21)30-22(31)12-16-4-2-1-3-5-16/h1-11,14-15H,12-13,26H2,(H,27,28)(H,29,30,31). The van der Waals surface area contributed by atoms with Crippen LogP contribution in [0.4, 0.5) is 5.13 Å². The summed E-state index contributed by atoms with van der Waals surface area (Å²) in [7, 11) is 0. The third kappa shape index (κ3) is 4.62. The van der Waals surface area contributed by atoms with Crippen molar-refractivity contribution in [3.8, 4) is 21.9 Å². The van der Waals surface area contributed by atoms with Gasteiger partial charge in [0.2, 0.25) is 5.91 Å². The lowest BCUT2D eigenvalue weighted by atomic mass is 10.1. The van der Waals surface area contributed by atoms with Crippen LogP contribution in [0.25, 0.3) is 21.5 Å². The molecule has 2 aromatic carbocycles. The SMILES string of the molecule is NCc1ccc(Oc2ccnc3[nH]cc(-c4cnc(NC(=O)Cc5ccccc5)s4)c23)cc1. The monoisotopic (exact) mass is 455 g/mol. The minimum absolute atomic E-state index is 0.104. The molecule has 33 heavy (non-hydrogen) atoms. The number of nitrogens with one attached hydrogen (secondary N) is 2. The highest BCUT2D eigenvalue weighted by atomic mass is 32.1. The molecule has 0 bridgehead atoms. The summed E-state index contributed by atoms with van der Waals surface area (Å²) in [6.45, 7) is 0.483. The van der Waals surface area contributed by atoms with E-state index in [0.29, 0.717) is 35.2 Å². The second-order valence-electron chi connectivity index (χ2n) is 7.43. The van der Waals surface area contributed by atoms with E-state index < -0.39 is 0 Å². The highest BCUT2D eigenvalue weighted by molar-refractivity contribution is 7.19. The number of rotatable bonds is 7. The predicted molar refractivity (Wildman–Crippen MR) is 130 cm³/mol. The third-order valence-corrected chi connectivity index (χ3v) is 6.09. The molecule has 0 aliphatic carbocycles. The van der Waals surface area contributed by atoms with Crippen molar-refractivity contribution in [1.29, 1.82) is 0 Å². The Morgan fingerprint density at radius 3 is 2.64 bits per heavy atom. The van der Waals surface area contributed by atoms with E-state index in [1.54, 1.807) is 12.4 Å². The first kappa shape index (κ1) is 20.9. The number of hydrogen-bond donors (Lipinski definition) is 3. The number of aromatic nitrogens is 3. The summed E-state index contributed by atoms with van der Waals surface area (Å²) in [5.41, 5.74) is 9.30. The topological polar surface area (TPSA) is 106 Å². The van der Waals surface area contributed by atoms with Gasteiger partial charge in [-0.05, 0) is 29.3 Å². The van der Waals surface area contributed by atoms with Gasteiger partial charge in [-0.3, -0.25) is 4.79 Å². The number of hydrogen-bond acceptors (Lipinski definition) is 6. The zero-order valence-electron chi connectivity index (χ0n) is 17.6. The quantitative estimate of drug-likeness (QED) is 0.316. The largest absolute Gasteiger partial charge is 0.457 e. The van der Waals surface area contributed by atoms with Crippen molar-refractivity contribution in [1.82, 2.24) is 15.0 Å². The van der Waals surface area contributed by atoms with Gasteiger partial charge in [-0.2, -0.15) is 0 Å². The van der Waals surface area contributed by atoms with Crippen molar-refractivity contribution in [2.75, 3.05) is 5.32 Å². The molecule has 3 heterocycles. The first-order chi connectivity index (χ1) is 16.2. The van der Waals surface area contributed by atoms with E-state index in [4.69, 9.17) is 10.5 Å². The lowest BCUT2D eigenvalue weighted by molar-refractivity contribution is -0.115. The number of carbonyl (C=O) groups excluding carboxylic acids is 1. The van der Waals surface area contributed by atoms with Crippen molar-refractivity contribution in [2.45, 2.75) is 13.0 Å². The molecular weight excluding hydrogens is 434 g/mol. The van der Waals surface area contributed by atoms with Crippen LogP contribution in [0, 0.1) is 0 Å². The van der Waals surface area contributed by atoms with Gasteiger partial charge in [-0.1, -0.05) is 53.8 Å². The molecule has 0 radical (unpaired) electrons. The molecule has 0 aliphatic heterocycles. The molecule has 1 amide bonds.